The summed E-state index contributed by atoms with van der Waals surface area (Å²) in [5.41, 5.74) is 0.990. The van der Waals surface area contributed by atoms with Crippen molar-refractivity contribution in [2.75, 3.05) is 6.61 Å². The number of nitrogens with zero attached hydrogens (tertiary/aromatic N) is 1. The van der Waals surface area contributed by atoms with Gasteiger partial charge in [0.25, 0.3) is 0 Å². The highest BCUT2D eigenvalue weighted by molar-refractivity contribution is 5.79. The third-order valence-electron chi connectivity index (χ3n) is 2.54. The van der Waals surface area contributed by atoms with Gasteiger partial charge in [0.2, 0.25) is 0 Å². The molecule has 2 rings (SSSR count). The fourth-order valence-corrected chi connectivity index (χ4v) is 1.55. The van der Waals surface area contributed by atoms with Crippen molar-refractivity contribution in [3.05, 3.63) is 36.5 Å². The Morgan fingerprint density at radius 3 is 2.94 bits per heavy atom. The van der Waals surface area contributed by atoms with E-state index in [1.54, 1.807) is 6.20 Å². The van der Waals surface area contributed by atoms with Crippen LogP contribution in [-0.4, -0.2) is 11.6 Å². The van der Waals surface area contributed by atoms with E-state index in [1.165, 1.54) is 0 Å². The fraction of sp³-hybridized carbons (Fsp3) is 0.357. The smallest absolute Gasteiger partial charge is 0.121 e. The van der Waals surface area contributed by atoms with Crippen molar-refractivity contribution in [2.45, 2.75) is 20.3 Å². The summed E-state index contributed by atoms with van der Waals surface area (Å²) in [5, 5.41) is 1.15. The van der Waals surface area contributed by atoms with Crippen molar-refractivity contribution in [2.24, 2.45) is 5.92 Å². The molecule has 1 heterocycles. The van der Waals surface area contributed by atoms with Crippen LogP contribution in [0, 0.1) is 5.92 Å². The minimum absolute atomic E-state index is 0.679. The topological polar surface area (TPSA) is 22.1 Å². The number of rotatable bonds is 4. The second kappa shape index (κ2) is 4.97. The Morgan fingerprint density at radius 1 is 1.25 bits per heavy atom. The van der Waals surface area contributed by atoms with E-state index in [9.17, 15) is 0 Å². The molecule has 0 aliphatic carbocycles. The first-order chi connectivity index (χ1) is 7.75. The van der Waals surface area contributed by atoms with Crippen molar-refractivity contribution in [1.29, 1.82) is 0 Å². The normalized spacial score (nSPS) is 10.9. The lowest BCUT2D eigenvalue weighted by molar-refractivity contribution is 0.290. The van der Waals surface area contributed by atoms with E-state index in [-0.39, 0.29) is 0 Å². The van der Waals surface area contributed by atoms with Crippen molar-refractivity contribution in [1.82, 2.24) is 4.98 Å². The molecule has 0 saturated heterocycles. The van der Waals surface area contributed by atoms with Gasteiger partial charge in [-0.05, 0) is 30.5 Å². The van der Waals surface area contributed by atoms with Crippen LogP contribution in [0.5, 0.6) is 5.75 Å². The summed E-state index contributed by atoms with van der Waals surface area (Å²) in [6.45, 7) is 5.17. The zero-order valence-electron chi connectivity index (χ0n) is 9.81. The number of aromatic nitrogens is 1. The number of pyridine rings is 1. The lowest BCUT2D eigenvalue weighted by Gasteiger charge is -2.08. The number of hydrogen-bond acceptors (Lipinski definition) is 2. The van der Waals surface area contributed by atoms with Gasteiger partial charge < -0.3 is 4.74 Å². The molecule has 0 unspecified atom stereocenters. The van der Waals surface area contributed by atoms with Crippen LogP contribution >= 0.6 is 0 Å². The summed E-state index contributed by atoms with van der Waals surface area (Å²) in [6.07, 6.45) is 2.89. The highest BCUT2D eigenvalue weighted by Crippen LogP contribution is 2.19. The van der Waals surface area contributed by atoms with Gasteiger partial charge in [0.1, 0.15) is 5.75 Å². The first-order valence-electron chi connectivity index (χ1n) is 5.73. The monoisotopic (exact) mass is 215 g/mol. The molecule has 1 aromatic heterocycles. The highest BCUT2D eigenvalue weighted by Gasteiger charge is 1.99. The molecule has 0 fully saturated rings. The summed E-state index contributed by atoms with van der Waals surface area (Å²) >= 11 is 0. The van der Waals surface area contributed by atoms with Crippen molar-refractivity contribution in [3.8, 4) is 5.75 Å². The summed E-state index contributed by atoms with van der Waals surface area (Å²) in [6, 6.07) is 10.1. The molecule has 0 amide bonds. The van der Waals surface area contributed by atoms with E-state index in [1.807, 2.05) is 24.3 Å². The van der Waals surface area contributed by atoms with E-state index < -0.39 is 0 Å². The second-order valence-electron chi connectivity index (χ2n) is 4.39. The molecule has 0 saturated carbocycles. The molecule has 2 nitrogen and oxygen atoms in total. The Morgan fingerprint density at radius 2 is 2.12 bits per heavy atom. The SMILES string of the molecule is CC(C)CCOc1ccc2cccnc2c1. The fourth-order valence-electron chi connectivity index (χ4n) is 1.55. The summed E-state index contributed by atoms with van der Waals surface area (Å²) in [5.74, 6) is 1.59. The van der Waals surface area contributed by atoms with Crippen LogP contribution in [0.3, 0.4) is 0 Å². The molecule has 0 spiro atoms. The Bertz CT molecular complexity index is 465. The molecule has 0 atom stereocenters. The molecule has 0 aliphatic heterocycles. The third-order valence-corrected chi connectivity index (χ3v) is 2.54. The Kier molecular flexibility index (Phi) is 3.40. The van der Waals surface area contributed by atoms with E-state index in [0.717, 1.165) is 29.7 Å². The van der Waals surface area contributed by atoms with Crippen molar-refractivity contribution < 1.29 is 4.74 Å². The lowest BCUT2D eigenvalue weighted by Crippen LogP contribution is -2.01. The van der Waals surface area contributed by atoms with Crippen LogP contribution in [0.2, 0.25) is 0 Å². The molecule has 16 heavy (non-hydrogen) atoms. The van der Waals surface area contributed by atoms with Crippen molar-refractivity contribution in [3.63, 3.8) is 0 Å². The molecule has 0 bridgehead atoms. The van der Waals surface area contributed by atoms with Crippen LogP contribution in [0.15, 0.2) is 36.5 Å². The molecular formula is C14H17NO. The summed E-state index contributed by atoms with van der Waals surface area (Å²) in [7, 11) is 0. The van der Waals surface area contributed by atoms with Crippen LogP contribution < -0.4 is 4.74 Å². The van der Waals surface area contributed by atoms with Gasteiger partial charge in [0.15, 0.2) is 0 Å². The molecular weight excluding hydrogens is 198 g/mol. The van der Waals surface area contributed by atoms with Gasteiger partial charge in [0.05, 0.1) is 12.1 Å². The molecule has 0 N–H and O–H groups in total. The predicted octanol–water partition coefficient (Wildman–Crippen LogP) is 3.66. The Hall–Kier alpha value is -1.57. The van der Waals surface area contributed by atoms with Crippen LogP contribution in [0.4, 0.5) is 0 Å². The largest absolute Gasteiger partial charge is 0.494 e. The van der Waals surface area contributed by atoms with E-state index in [4.69, 9.17) is 4.74 Å². The number of fused-ring (bicyclic) bond motifs is 1. The van der Waals surface area contributed by atoms with Gasteiger partial charge in [-0.1, -0.05) is 19.9 Å². The second-order valence-corrected chi connectivity index (χ2v) is 4.39. The maximum absolute atomic E-state index is 5.68. The molecule has 84 valence electrons. The van der Waals surface area contributed by atoms with Gasteiger partial charge in [-0.2, -0.15) is 0 Å². The number of ether oxygens (including phenoxy) is 1. The maximum Gasteiger partial charge on any atom is 0.121 e. The predicted molar refractivity (Wildman–Crippen MR) is 66.7 cm³/mol. The van der Waals surface area contributed by atoms with Gasteiger partial charge in [-0.3, -0.25) is 4.98 Å². The standard InChI is InChI=1S/C14H17NO/c1-11(2)7-9-16-13-6-5-12-4-3-8-15-14(12)10-13/h3-6,8,10-11H,7,9H2,1-2H3. The van der Waals surface area contributed by atoms with E-state index >= 15 is 0 Å². The lowest BCUT2D eigenvalue weighted by atomic mass is 10.1. The van der Waals surface area contributed by atoms with Crippen LogP contribution in [0.25, 0.3) is 10.9 Å². The zero-order chi connectivity index (χ0) is 11.4. The summed E-state index contributed by atoms with van der Waals surface area (Å²) in [4.78, 5) is 4.31. The number of benzene rings is 1. The molecule has 1 aromatic carbocycles. The first kappa shape index (κ1) is 10.9. The van der Waals surface area contributed by atoms with Gasteiger partial charge in [-0.15, -0.1) is 0 Å². The van der Waals surface area contributed by atoms with Gasteiger partial charge in [-0.25, -0.2) is 0 Å². The van der Waals surface area contributed by atoms with Gasteiger partial charge >= 0.3 is 0 Å². The average Bonchev–Trinajstić information content (AvgIpc) is 2.28. The minimum atomic E-state index is 0.679. The first-order valence-corrected chi connectivity index (χ1v) is 5.73. The Labute approximate surface area is 96.3 Å². The van der Waals surface area contributed by atoms with Crippen LogP contribution in [0.1, 0.15) is 20.3 Å². The minimum Gasteiger partial charge on any atom is -0.494 e. The van der Waals surface area contributed by atoms with E-state index in [2.05, 4.69) is 24.9 Å². The molecule has 0 aliphatic rings. The summed E-state index contributed by atoms with van der Waals surface area (Å²) < 4.78 is 5.68. The number of hydrogen-bond donors (Lipinski definition) is 0. The third kappa shape index (κ3) is 2.72. The highest BCUT2D eigenvalue weighted by atomic mass is 16.5. The van der Waals surface area contributed by atoms with Gasteiger partial charge in [0, 0.05) is 17.6 Å². The average molecular weight is 215 g/mol. The maximum atomic E-state index is 5.68. The molecule has 2 aromatic rings. The zero-order valence-corrected chi connectivity index (χ0v) is 9.81. The Balaban J connectivity index is 2.08. The molecule has 0 radical (unpaired) electrons. The van der Waals surface area contributed by atoms with Crippen molar-refractivity contribution >= 4 is 10.9 Å². The van der Waals surface area contributed by atoms with E-state index in [0.29, 0.717) is 5.92 Å². The quantitative estimate of drug-likeness (QED) is 0.776. The molecule has 2 heteroatoms. The van der Waals surface area contributed by atoms with Crippen LogP contribution in [-0.2, 0) is 0 Å².